The zero-order valence-electron chi connectivity index (χ0n) is 22.6. The summed E-state index contributed by atoms with van der Waals surface area (Å²) >= 11 is 0. The summed E-state index contributed by atoms with van der Waals surface area (Å²) in [7, 11) is 0. The maximum atomic E-state index is 12.2. The molecular weight excluding hydrogens is 540 g/mol. The molecule has 4 rings (SSSR count). The van der Waals surface area contributed by atoms with Gasteiger partial charge in [0.1, 0.15) is 0 Å². The maximum Gasteiger partial charge on any atom is 0.291 e. The van der Waals surface area contributed by atoms with Crippen molar-refractivity contribution in [1.82, 2.24) is 10.9 Å². The molecule has 0 unspecified atom stereocenters. The molecule has 4 N–H and O–H groups in total. The smallest absolute Gasteiger partial charge is 0.291 e. The normalized spacial score (nSPS) is 11.7. The fourth-order valence-electron chi connectivity index (χ4n) is 3.48. The van der Waals surface area contributed by atoms with Crippen molar-refractivity contribution in [2.24, 2.45) is 10.2 Å². The average Bonchev–Trinajstić information content (AvgIpc) is 3.73. The zero-order valence-corrected chi connectivity index (χ0v) is 22.6. The first kappa shape index (κ1) is 29.0. The lowest BCUT2D eigenvalue weighted by atomic mass is 10.1. The highest BCUT2D eigenvalue weighted by Gasteiger charge is 2.11. The molecule has 212 valence electrons. The van der Waals surface area contributed by atoms with Crippen LogP contribution in [0.1, 0.15) is 46.1 Å². The number of carbonyl (C=O) groups excluding carboxylic acids is 4. The van der Waals surface area contributed by atoms with Crippen molar-refractivity contribution in [2.45, 2.75) is 13.8 Å². The van der Waals surface area contributed by atoms with Gasteiger partial charge in [-0.25, -0.2) is 10.9 Å². The standard InChI is InChI=1S/C30H26N6O6/c1-19(21-7-3-9-23(17-21)31-29(39)25-11-5-15-41-25)33-35-27(37)13-14-28(38)36-34-20(2)22-8-4-10-24(18-22)32-30(40)26-12-6-16-42-26/h3-18H,1-2H3,(H,31,39)(H,32,40)(H,35,37)(H,36,38). The molecule has 0 saturated carbocycles. The Bertz CT molecular complexity index is 1550. The third-order valence-electron chi connectivity index (χ3n) is 5.62. The predicted molar refractivity (Wildman–Crippen MR) is 156 cm³/mol. The van der Waals surface area contributed by atoms with Gasteiger partial charge in [-0.15, -0.1) is 0 Å². The number of hydrogen-bond acceptors (Lipinski definition) is 8. The second kappa shape index (κ2) is 13.8. The second-order valence-electron chi connectivity index (χ2n) is 8.70. The zero-order chi connectivity index (χ0) is 29.9. The van der Waals surface area contributed by atoms with Crippen molar-refractivity contribution < 1.29 is 28.0 Å². The summed E-state index contributed by atoms with van der Waals surface area (Å²) < 4.78 is 10.2. The van der Waals surface area contributed by atoms with Crippen molar-refractivity contribution in [3.05, 3.63) is 120 Å². The highest BCUT2D eigenvalue weighted by molar-refractivity contribution is 6.06. The fourth-order valence-corrected chi connectivity index (χ4v) is 3.48. The number of hydrogen-bond donors (Lipinski definition) is 4. The van der Waals surface area contributed by atoms with Crippen LogP contribution in [0.4, 0.5) is 11.4 Å². The Balaban J connectivity index is 1.27. The number of hydrazone groups is 2. The maximum absolute atomic E-state index is 12.2. The van der Waals surface area contributed by atoms with Crippen LogP contribution in [0.3, 0.4) is 0 Å². The van der Waals surface area contributed by atoms with Crippen LogP contribution in [0.15, 0.2) is 117 Å². The first-order valence-electron chi connectivity index (χ1n) is 12.6. The van der Waals surface area contributed by atoms with Crippen molar-refractivity contribution in [3.8, 4) is 0 Å². The molecule has 2 aromatic carbocycles. The topological polar surface area (TPSA) is 167 Å². The third kappa shape index (κ3) is 8.23. The summed E-state index contributed by atoms with van der Waals surface area (Å²) in [6.45, 7) is 3.36. The Morgan fingerprint density at radius 2 is 1.05 bits per heavy atom. The van der Waals surface area contributed by atoms with E-state index in [1.807, 2.05) is 0 Å². The van der Waals surface area contributed by atoms with Crippen LogP contribution >= 0.6 is 0 Å². The highest BCUT2D eigenvalue weighted by atomic mass is 16.3. The SMILES string of the molecule is CC(=NNC(=O)C=CC(=O)NN=C(C)c1cccc(NC(=O)c2ccco2)c1)c1cccc(NC(=O)c2ccco2)c1. The summed E-state index contributed by atoms with van der Waals surface area (Å²) in [4.78, 5) is 48.7. The molecule has 42 heavy (non-hydrogen) atoms. The molecule has 4 amide bonds. The minimum atomic E-state index is -0.632. The van der Waals surface area contributed by atoms with Gasteiger partial charge in [0.2, 0.25) is 0 Å². The summed E-state index contributed by atoms with van der Waals surface area (Å²) in [5.41, 5.74) is 7.98. The molecule has 0 spiro atoms. The first-order chi connectivity index (χ1) is 20.3. The fraction of sp³-hybridized carbons (Fsp3) is 0.0667. The molecule has 0 aliphatic rings. The largest absolute Gasteiger partial charge is 0.459 e. The van der Waals surface area contributed by atoms with Crippen LogP contribution in [0.5, 0.6) is 0 Å². The highest BCUT2D eigenvalue weighted by Crippen LogP contribution is 2.15. The van der Waals surface area contributed by atoms with Gasteiger partial charge < -0.3 is 19.5 Å². The van der Waals surface area contributed by atoms with E-state index in [1.54, 1.807) is 86.6 Å². The van der Waals surface area contributed by atoms with Gasteiger partial charge in [-0.3, -0.25) is 19.2 Å². The van der Waals surface area contributed by atoms with E-state index in [9.17, 15) is 19.2 Å². The molecule has 12 nitrogen and oxygen atoms in total. The predicted octanol–water partition coefficient (Wildman–Crippen LogP) is 4.31. The van der Waals surface area contributed by atoms with Gasteiger partial charge in [-0.1, -0.05) is 24.3 Å². The average molecular weight is 567 g/mol. The van der Waals surface area contributed by atoms with Crippen molar-refractivity contribution in [1.29, 1.82) is 0 Å². The lowest BCUT2D eigenvalue weighted by Gasteiger charge is -2.06. The number of anilines is 2. The van der Waals surface area contributed by atoms with E-state index >= 15 is 0 Å². The molecule has 0 saturated heterocycles. The molecule has 0 aliphatic heterocycles. The van der Waals surface area contributed by atoms with Gasteiger partial charge in [-0.05, 0) is 73.5 Å². The summed E-state index contributed by atoms with van der Waals surface area (Å²) in [6.07, 6.45) is 4.85. The minimum Gasteiger partial charge on any atom is -0.459 e. The van der Waals surface area contributed by atoms with Gasteiger partial charge in [0.25, 0.3) is 23.6 Å². The van der Waals surface area contributed by atoms with Crippen LogP contribution < -0.4 is 21.5 Å². The second-order valence-corrected chi connectivity index (χ2v) is 8.70. The summed E-state index contributed by atoms with van der Waals surface area (Å²) in [6, 6.07) is 20.1. The third-order valence-corrected chi connectivity index (χ3v) is 5.62. The van der Waals surface area contributed by atoms with E-state index < -0.39 is 23.6 Å². The molecule has 0 aliphatic carbocycles. The van der Waals surface area contributed by atoms with Gasteiger partial charge in [-0.2, -0.15) is 10.2 Å². The van der Waals surface area contributed by atoms with E-state index in [-0.39, 0.29) is 11.5 Å². The Morgan fingerprint density at radius 3 is 1.43 bits per heavy atom. The molecule has 12 heteroatoms. The van der Waals surface area contributed by atoms with Crippen molar-refractivity contribution >= 4 is 46.4 Å². The van der Waals surface area contributed by atoms with Crippen molar-refractivity contribution in [2.75, 3.05) is 10.6 Å². The summed E-state index contributed by atoms with van der Waals surface area (Å²) in [5.74, 6) is -1.70. The molecule has 2 aromatic heterocycles. The Hall–Kier alpha value is -6.04. The number of benzene rings is 2. The molecule has 0 fully saturated rings. The Labute approximate surface area is 240 Å². The lowest BCUT2D eigenvalue weighted by Crippen LogP contribution is -2.20. The van der Waals surface area contributed by atoms with Gasteiger partial charge in [0, 0.05) is 23.5 Å². The number of amides is 4. The molecule has 0 atom stereocenters. The van der Waals surface area contributed by atoms with E-state index in [0.29, 0.717) is 33.9 Å². The van der Waals surface area contributed by atoms with Gasteiger partial charge in [0.15, 0.2) is 11.5 Å². The Morgan fingerprint density at radius 1 is 0.619 bits per heavy atom. The van der Waals surface area contributed by atoms with E-state index in [1.165, 1.54) is 12.5 Å². The number of rotatable bonds is 10. The van der Waals surface area contributed by atoms with Crippen LogP contribution in [-0.4, -0.2) is 35.1 Å². The van der Waals surface area contributed by atoms with E-state index in [0.717, 1.165) is 12.2 Å². The Kier molecular flexibility index (Phi) is 9.55. The van der Waals surface area contributed by atoms with Crippen molar-refractivity contribution in [3.63, 3.8) is 0 Å². The number of nitrogens with one attached hydrogen (secondary N) is 4. The molecule has 2 heterocycles. The summed E-state index contributed by atoms with van der Waals surface area (Å²) in [5, 5.41) is 13.5. The molecule has 4 aromatic rings. The molecule has 0 bridgehead atoms. The monoisotopic (exact) mass is 566 g/mol. The number of furan rings is 2. The number of carbonyl (C=O) groups is 4. The van der Waals surface area contributed by atoms with E-state index in [4.69, 9.17) is 8.83 Å². The molecule has 0 radical (unpaired) electrons. The van der Waals surface area contributed by atoms with Gasteiger partial charge in [0.05, 0.1) is 23.9 Å². The minimum absolute atomic E-state index is 0.177. The quantitative estimate of drug-likeness (QED) is 0.127. The van der Waals surface area contributed by atoms with E-state index in [2.05, 4.69) is 31.7 Å². The van der Waals surface area contributed by atoms with Crippen LogP contribution in [-0.2, 0) is 9.59 Å². The lowest BCUT2D eigenvalue weighted by molar-refractivity contribution is -0.118. The first-order valence-corrected chi connectivity index (χ1v) is 12.6. The number of nitrogens with zero attached hydrogens (tertiary/aromatic N) is 2. The molecular formula is C30H26N6O6. The van der Waals surface area contributed by atoms with Gasteiger partial charge >= 0.3 is 0 Å². The van der Waals surface area contributed by atoms with Crippen LogP contribution in [0, 0.1) is 0 Å². The van der Waals surface area contributed by atoms with Crippen LogP contribution in [0.25, 0.3) is 0 Å². The van der Waals surface area contributed by atoms with Crippen LogP contribution in [0.2, 0.25) is 0 Å².